The molecule has 0 fully saturated rings. The normalized spacial score (nSPS) is 10.2. The number of carbonyl (C=O) groups excluding carboxylic acids is 1. The van der Waals surface area contributed by atoms with E-state index in [9.17, 15) is 4.79 Å². The first kappa shape index (κ1) is 19.9. The van der Waals surface area contributed by atoms with Crippen molar-refractivity contribution in [2.45, 2.75) is 0 Å². The molecule has 1 amide bonds. The Morgan fingerprint density at radius 1 is 0.966 bits per heavy atom. The summed E-state index contributed by atoms with van der Waals surface area (Å²) in [7, 11) is 6.31. The van der Waals surface area contributed by atoms with Crippen LogP contribution in [-0.4, -0.2) is 44.3 Å². The van der Waals surface area contributed by atoms with Gasteiger partial charge in [-0.15, -0.1) is 0 Å². The molecule has 0 bridgehead atoms. The monoisotopic (exact) mass is 394 g/mol. The maximum absolute atomic E-state index is 12.8. The molecule has 150 valence electrons. The molecule has 0 saturated heterocycles. The van der Waals surface area contributed by atoms with E-state index in [0.29, 0.717) is 22.9 Å². The van der Waals surface area contributed by atoms with Crippen LogP contribution in [0, 0.1) is 0 Å². The van der Waals surface area contributed by atoms with Crippen LogP contribution in [0.15, 0.2) is 54.7 Å². The summed E-state index contributed by atoms with van der Waals surface area (Å²) in [6.45, 7) is 0. The van der Waals surface area contributed by atoms with Crippen molar-refractivity contribution in [2.75, 3.05) is 38.6 Å². The van der Waals surface area contributed by atoms with Crippen molar-refractivity contribution in [2.24, 2.45) is 0 Å². The van der Waals surface area contributed by atoms with Crippen LogP contribution in [0.2, 0.25) is 0 Å². The summed E-state index contributed by atoms with van der Waals surface area (Å²) in [4.78, 5) is 22.9. The van der Waals surface area contributed by atoms with Gasteiger partial charge in [0, 0.05) is 36.8 Å². The second-order valence-electron chi connectivity index (χ2n) is 6.00. The van der Waals surface area contributed by atoms with E-state index in [1.54, 1.807) is 25.2 Å². The third kappa shape index (κ3) is 4.37. The second kappa shape index (κ2) is 8.92. The number of nitrogens with zero attached hydrogens (tertiary/aromatic N) is 3. The first-order valence-corrected chi connectivity index (χ1v) is 8.80. The van der Waals surface area contributed by atoms with Crippen LogP contribution in [0.1, 0.15) is 10.5 Å². The number of benzene rings is 2. The zero-order valence-electron chi connectivity index (χ0n) is 16.7. The predicted octanol–water partition coefficient (Wildman–Crippen LogP) is 3.52. The number of hydrogen-bond donors (Lipinski definition) is 1. The second-order valence-corrected chi connectivity index (χ2v) is 6.00. The summed E-state index contributed by atoms with van der Waals surface area (Å²) >= 11 is 0. The zero-order chi connectivity index (χ0) is 20.8. The van der Waals surface area contributed by atoms with Gasteiger partial charge in [0.25, 0.3) is 5.91 Å². The minimum atomic E-state index is -0.244. The maximum Gasteiger partial charge on any atom is 0.276 e. The summed E-state index contributed by atoms with van der Waals surface area (Å²) in [5.41, 5.74) is 1.66. The van der Waals surface area contributed by atoms with Crippen LogP contribution < -0.4 is 24.4 Å². The Bertz CT molecular complexity index is 970. The number of methoxy groups -OCH3 is 3. The lowest BCUT2D eigenvalue weighted by molar-refractivity contribution is 0.0988. The van der Waals surface area contributed by atoms with Crippen LogP contribution in [0.3, 0.4) is 0 Å². The molecule has 0 saturated carbocycles. The topological polar surface area (TPSA) is 85.8 Å². The average molecular weight is 394 g/mol. The molecule has 0 aliphatic carbocycles. The lowest BCUT2D eigenvalue weighted by Gasteiger charge is -2.17. The molecule has 1 heterocycles. The van der Waals surface area contributed by atoms with Crippen molar-refractivity contribution in [3.8, 4) is 17.2 Å². The van der Waals surface area contributed by atoms with Crippen LogP contribution in [0.5, 0.6) is 17.2 Å². The highest BCUT2D eigenvalue weighted by Crippen LogP contribution is 2.40. The van der Waals surface area contributed by atoms with Crippen LogP contribution in [0.4, 0.5) is 17.3 Å². The van der Waals surface area contributed by atoms with Crippen LogP contribution in [-0.2, 0) is 0 Å². The molecule has 0 aliphatic heterocycles. The van der Waals surface area contributed by atoms with Gasteiger partial charge in [-0.25, -0.2) is 9.97 Å². The molecule has 0 radical (unpaired) electrons. The number of aromatic nitrogens is 2. The number of hydrogen-bond acceptors (Lipinski definition) is 7. The molecule has 1 aromatic heterocycles. The fraction of sp³-hybridized carbons (Fsp3) is 0.190. The summed E-state index contributed by atoms with van der Waals surface area (Å²) in [5, 5.41) is 3.07. The third-order valence-corrected chi connectivity index (χ3v) is 4.24. The lowest BCUT2D eigenvalue weighted by atomic mass is 10.2. The molecule has 0 atom stereocenters. The number of para-hydroxylation sites is 1. The summed E-state index contributed by atoms with van der Waals surface area (Å²) in [6, 6.07) is 14.4. The number of anilines is 3. The highest BCUT2D eigenvalue weighted by Gasteiger charge is 2.17. The van der Waals surface area contributed by atoms with E-state index < -0.39 is 0 Å². The van der Waals surface area contributed by atoms with E-state index in [1.165, 1.54) is 32.4 Å². The van der Waals surface area contributed by atoms with Crippen molar-refractivity contribution in [3.63, 3.8) is 0 Å². The van der Waals surface area contributed by atoms with Gasteiger partial charge >= 0.3 is 0 Å². The molecule has 2 aromatic carbocycles. The third-order valence-electron chi connectivity index (χ3n) is 4.24. The van der Waals surface area contributed by atoms with E-state index in [1.807, 2.05) is 30.3 Å². The molecule has 3 rings (SSSR count). The van der Waals surface area contributed by atoms with Crippen molar-refractivity contribution in [1.82, 2.24) is 9.97 Å². The molecule has 1 N–H and O–H groups in total. The Kier molecular flexibility index (Phi) is 6.13. The minimum Gasteiger partial charge on any atom is -0.493 e. The Morgan fingerprint density at radius 2 is 1.62 bits per heavy atom. The standard InChI is InChI=1S/C21H22N4O4/c1-25(15-8-6-5-7-9-15)20(26)16-10-11-22-21(24-16)23-14-12-17(27-2)19(29-4)18(13-14)28-3/h5-13H,1-4H3,(H,22,23,24). The van der Waals surface area contributed by atoms with Gasteiger partial charge in [0.1, 0.15) is 5.69 Å². The lowest BCUT2D eigenvalue weighted by Crippen LogP contribution is -2.27. The first-order valence-electron chi connectivity index (χ1n) is 8.80. The molecular formula is C21H22N4O4. The Hall–Kier alpha value is -3.81. The van der Waals surface area contributed by atoms with Gasteiger partial charge in [-0.3, -0.25) is 4.79 Å². The fourth-order valence-electron chi connectivity index (χ4n) is 2.76. The highest BCUT2D eigenvalue weighted by atomic mass is 16.5. The van der Waals surface area contributed by atoms with Gasteiger partial charge in [0.05, 0.1) is 21.3 Å². The SMILES string of the molecule is COc1cc(Nc2nccc(C(=O)N(C)c3ccccc3)n2)cc(OC)c1OC. The molecule has 3 aromatic rings. The average Bonchev–Trinajstić information content (AvgIpc) is 2.78. The van der Waals surface area contributed by atoms with Gasteiger partial charge in [0.15, 0.2) is 11.5 Å². The smallest absolute Gasteiger partial charge is 0.276 e. The minimum absolute atomic E-state index is 0.244. The zero-order valence-corrected chi connectivity index (χ0v) is 16.7. The Labute approximate surface area is 169 Å². The summed E-state index contributed by atoms with van der Waals surface area (Å²) in [6.07, 6.45) is 1.53. The van der Waals surface area contributed by atoms with E-state index in [4.69, 9.17) is 14.2 Å². The fourth-order valence-corrected chi connectivity index (χ4v) is 2.76. The largest absolute Gasteiger partial charge is 0.493 e. The molecule has 0 unspecified atom stereocenters. The van der Waals surface area contributed by atoms with Crippen molar-refractivity contribution < 1.29 is 19.0 Å². The molecule has 8 heteroatoms. The van der Waals surface area contributed by atoms with Crippen molar-refractivity contribution in [1.29, 1.82) is 0 Å². The first-order chi connectivity index (χ1) is 14.1. The van der Waals surface area contributed by atoms with Gasteiger partial charge in [-0.05, 0) is 18.2 Å². The van der Waals surface area contributed by atoms with Crippen molar-refractivity contribution >= 4 is 23.2 Å². The van der Waals surface area contributed by atoms with E-state index >= 15 is 0 Å². The van der Waals surface area contributed by atoms with Crippen molar-refractivity contribution in [3.05, 3.63) is 60.4 Å². The van der Waals surface area contributed by atoms with Crippen LogP contribution >= 0.6 is 0 Å². The van der Waals surface area contributed by atoms with E-state index in [2.05, 4.69) is 15.3 Å². The van der Waals surface area contributed by atoms with Gasteiger partial charge in [-0.1, -0.05) is 18.2 Å². The molecule has 29 heavy (non-hydrogen) atoms. The quantitative estimate of drug-likeness (QED) is 0.656. The molecular weight excluding hydrogens is 372 g/mol. The van der Waals surface area contributed by atoms with E-state index in [-0.39, 0.29) is 17.5 Å². The van der Waals surface area contributed by atoms with E-state index in [0.717, 1.165) is 5.69 Å². The van der Waals surface area contributed by atoms with Gasteiger partial charge in [-0.2, -0.15) is 0 Å². The molecule has 0 aliphatic rings. The number of carbonyl (C=O) groups is 1. The number of rotatable bonds is 7. The Balaban J connectivity index is 1.86. The molecule has 0 spiro atoms. The predicted molar refractivity (Wildman–Crippen MR) is 111 cm³/mol. The number of nitrogens with one attached hydrogen (secondary N) is 1. The van der Waals surface area contributed by atoms with Crippen LogP contribution in [0.25, 0.3) is 0 Å². The Morgan fingerprint density at radius 3 is 2.21 bits per heavy atom. The summed E-state index contributed by atoms with van der Waals surface area (Å²) < 4.78 is 16.0. The number of ether oxygens (including phenoxy) is 3. The molecule has 8 nitrogen and oxygen atoms in total. The van der Waals surface area contributed by atoms with Gasteiger partial charge < -0.3 is 24.4 Å². The maximum atomic E-state index is 12.8. The van der Waals surface area contributed by atoms with Gasteiger partial charge in [0.2, 0.25) is 11.7 Å². The summed E-state index contributed by atoms with van der Waals surface area (Å²) in [5.74, 6) is 1.49. The highest BCUT2D eigenvalue weighted by molar-refractivity contribution is 6.04. The number of amides is 1.